The molecule has 0 aromatic heterocycles. The molecule has 1 atom stereocenters. The highest BCUT2D eigenvalue weighted by atomic mass is 35.5. The highest BCUT2D eigenvalue weighted by molar-refractivity contribution is 6.31. The Labute approximate surface area is 104 Å². The number of nitrogens with two attached hydrogens (primary N) is 1. The molecule has 1 aromatic rings. The standard InChI is InChI=1S/C11H13ClN2O3/c1-6(4-10(13)15)14-9-3-2-7(12)5-8(9)11(16)17/h2-3,5-6,14H,4H2,1H3,(H2,13,15)(H,16,17). The summed E-state index contributed by atoms with van der Waals surface area (Å²) >= 11 is 5.72. The molecule has 0 spiro atoms. The van der Waals surface area contributed by atoms with Crippen LogP contribution in [-0.4, -0.2) is 23.0 Å². The van der Waals surface area contributed by atoms with Gasteiger partial charge >= 0.3 is 5.97 Å². The fraction of sp³-hybridized carbons (Fsp3) is 0.273. The molecule has 4 N–H and O–H groups in total. The molecule has 1 aromatic carbocycles. The molecule has 0 bridgehead atoms. The summed E-state index contributed by atoms with van der Waals surface area (Å²) in [6.45, 7) is 1.74. The Bertz CT molecular complexity index is 448. The summed E-state index contributed by atoms with van der Waals surface area (Å²) in [4.78, 5) is 21.7. The Morgan fingerprint density at radius 3 is 2.71 bits per heavy atom. The van der Waals surface area contributed by atoms with E-state index in [4.69, 9.17) is 22.4 Å². The zero-order chi connectivity index (χ0) is 13.0. The van der Waals surface area contributed by atoms with Crippen LogP contribution in [-0.2, 0) is 4.79 Å². The number of primary amides is 1. The first-order chi connectivity index (χ1) is 7.90. The monoisotopic (exact) mass is 256 g/mol. The van der Waals surface area contributed by atoms with Crippen molar-refractivity contribution in [1.82, 2.24) is 0 Å². The Morgan fingerprint density at radius 1 is 1.53 bits per heavy atom. The minimum absolute atomic E-state index is 0.0637. The van der Waals surface area contributed by atoms with E-state index in [0.717, 1.165) is 0 Å². The lowest BCUT2D eigenvalue weighted by atomic mass is 10.1. The number of carboxylic acids is 1. The summed E-state index contributed by atoms with van der Waals surface area (Å²) < 4.78 is 0. The van der Waals surface area contributed by atoms with Gasteiger partial charge in [-0.3, -0.25) is 4.79 Å². The SMILES string of the molecule is CC(CC(N)=O)Nc1ccc(Cl)cc1C(=O)O. The van der Waals surface area contributed by atoms with Crippen LogP contribution in [0, 0.1) is 0 Å². The molecule has 0 fully saturated rings. The third-order valence-corrected chi connectivity index (χ3v) is 2.36. The molecule has 0 aliphatic rings. The maximum absolute atomic E-state index is 11.0. The number of benzene rings is 1. The lowest BCUT2D eigenvalue weighted by Gasteiger charge is -2.15. The van der Waals surface area contributed by atoms with E-state index in [1.165, 1.54) is 6.07 Å². The van der Waals surface area contributed by atoms with Gasteiger partial charge < -0.3 is 16.2 Å². The van der Waals surface area contributed by atoms with Gasteiger partial charge in [0.05, 0.1) is 5.56 Å². The highest BCUT2D eigenvalue weighted by Crippen LogP contribution is 2.21. The van der Waals surface area contributed by atoms with E-state index in [0.29, 0.717) is 10.7 Å². The van der Waals surface area contributed by atoms with Crippen LogP contribution >= 0.6 is 11.6 Å². The van der Waals surface area contributed by atoms with Gasteiger partial charge in [0, 0.05) is 23.2 Å². The normalized spacial score (nSPS) is 11.9. The number of halogens is 1. The third kappa shape index (κ3) is 3.96. The van der Waals surface area contributed by atoms with Crippen molar-refractivity contribution in [1.29, 1.82) is 0 Å². The molecule has 1 amide bonds. The van der Waals surface area contributed by atoms with Gasteiger partial charge in [0.1, 0.15) is 0 Å². The quantitative estimate of drug-likeness (QED) is 0.748. The zero-order valence-corrected chi connectivity index (χ0v) is 9.99. The molecule has 1 unspecified atom stereocenters. The van der Waals surface area contributed by atoms with Crippen LogP contribution in [0.3, 0.4) is 0 Å². The number of carbonyl (C=O) groups is 2. The van der Waals surface area contributed by atoms with Crippen molar-refractivity contribution in [2.45, 2.75) is 19.4 Å². The third-order valence-electron chi connectivity index (χ3n) is 2.12. The van der Waals surface area contributed by atoms with Gasteiger partial charge in [-0.25, -0.2) is 4.79 Å². The number of rotatable bonds is 5. The zero-order valence-electron chi connectivity index (χ0n) is 9.24. The number of anilines is 1. The lowest BCUT2D eigenvalue weighted by Crippen LogP contribution is -2.24. The first kappa shape index (κ1) is 13.3. The average Bonchev–Trinajstić information content (AvgIpc) is 2.19. The summed E-state index contributed by atoms with van der Waals surface area (Å²) in [6.07, 6.45) is 0.127. The van der Waals surface area contributed by atoms with Crippen molar-refractivity contribution in [3.63, 3.8) is 0 Å². The summed E-state index contributed by atoms with van der Waals surface area (Å²) in [7, 11) is 0. The van der Waals surface area contributed by atoms with Gasteiger partial charge in [0.2, 0.25) is 5.91 Å². The van der Waals surface area contributed by atoms with Crippen molar-refractivity contribution in [3.8, 4) is 0 Å². The molecule has 0 radical (unpaired) electrons. The molecule has 17 heavy (non-hydrogen) atoms. The highest BCUT2D eigenvalue weighted by Gasteiger charge is 2.13. The first-order valence-electron chi connectivity index (χ1n) is 4.98. The number of carboxylic acid groups (broad SMARTS) is 1. The molecular weight excluding hydrogens is 244 g/mol. The fourth-order valence-corrected chi connectivity index (χ4v) is 1.61. The van der Waals surface area contributed by atoms with Crippen LogP contribution in [0.25, 0.3) is 0 Å². The Hall–Kier alpha value is -1.75. The number of nitrogens with one attached hydrogen (secondary N) is 1. The Balaban J connectivity index is 2.90. The molecule has 0 aliphatic carbocycles. The van der Waals surface area contributed by atoms with Gasteiger partial charge in [-0.2, -0.15) is 0 Å². The summed E-state index contributed by atoms with van der Waals surface area (Å²) in [6, 6.07) is 4.24. The molecule has 6 heteroatoms. The second kappa shape index (κ2) is 5.54. The van der Waals surface area contributed by atoms with Crippen LogP contribution in [0.4, 0.5) is 5.69 Å². The van der Waals surface area contributed by atoms with Crippen molar-refractivity contribution in [2.24, 2.45) is 5.73 Å². The molecule has 0 saturated heterocycles. The molecule has 0 aliphatic heterocycles. The van der Waals surface area contributed by atoms with Gasteiger partial charge in [-0.05, 0) is 25.1 Å². The van der Waals surface area contributed by atoms with Crippen molar-refractivity contribution < 1.29 is 14.7 Å². The van der Waals surface area contributed by atoms with Gasteiger partial charge in [-0.15, -0.1) is 0 Å². The topological polar surface area (TPSA) is 92.4 Å². The number of carbonyl (C=O) groups excluding carboxylic acids is 1. The molecular formula is C11H13ClN2O3. The number of hydrogen-bond donors (Lipinski definition) is 3. The van der Waals surface area contributed by atoms with Gasteiger partial charge in [0.15, 0.2) is 0 Å². The maximum Gasteiger partial charge on any atom is 0.337 e. The second-order valence-corrected chi connectivity index (χ2v) is 4.15. The van der Waals surface area contributed by atoms with Crippen molar-refractivity contribution in [3.05, 3.63) is 28.8 Å². The molecule has 5 nitrogen and oxygen atoms in total. The predicted molar refractivity (Wildman–Crippen MR) is 65.3 cm³/mol. The van der Waals surface area contributed by atoms with Crippen LogP contribution in [0.2, 0.25) is 5.02 Å². The van der Waals surface area contributed by atoms with Crippen LogP contribution in [0.1, 0.15) is 23.7 Å². The van der Waals surface area contributed by atoms with E-state index in [1.807, 2.05) is 0 Å². The van der Waals surface area contributed by atoms with Gasteiger partial charge in [0.25, 0.3) is 0 Å². The molecule has 1 rings (SSSR count). The fourth-order valence-electron chi connectivity index (χ4n) is 1.44. The van der Waals surface area contributed by atoms with Gasteiger partial charge in [-0.1, -0.05) is 11.6 Å². The summed E-state index contributed by atoms with van der Waals surface area (Å²) in [5.41, 5.74) is 5.53. The first-order valence-corrected chi connectivity index (χ1v) is 5.35. The van der Waals surface area contributed by atoms with Crippen LogP contribution in [0.15, 0.2) is 18.2 Å². The van der Waals surface area contributed by atoms with E-state index in [1.54, 1.807) is 19.1 Å². The molecule has 0 heterocycles. The second-order valence-electron chi connectivity index (χ2n) is 3.71. The largest absolute Gasteiger partial charge is 0.478 e. The van der Waals surface area contributed by atoms with E-state index >= 15 is 0 Å². The van der Waals surface area contributed by atoms with E-state index in [9.17, 15) is 9.59 Å². The van der Waals surface area contributed by atoms with Crippen molar-refractivity contribution in [2.75, 3.05) is 5.32 Å². The van der Waals surface area contributed by atoms with Crippen LogP contribution in [0.5, 0.6) is 0 Å². The smallest absolute Gasteiger partial charge is 0.337 e. The Morgan fingerprint density at radius 2 is 2.18 bits per heavy atom. The van der Waals surface area contributed by atoms with Crippen molar-refractivity contribution >= 4 is 29.2 Å². The predicted octanol–water partition coefficient (Wildman–Crippen LogP) is 1.71. The van der Waals surface area contributed by atoms with Crippen LogP contribution < -0.4 is 11.1 Å². The molecule has 0 saturated carbocycles. The number of hydrogen-bond acceptors (Lipinski definition) is 3. The number of amides is 1. The average molecular weight is 257 g/mol. The maximum atomic E-state index is 11.0. The van der Waals surface area contributed by atoms with E-state index in [-0.39, 0.29) is 18.0 Å². The Kier molecular flexibility index (Phi) is 4.34. The van der Waals surface area contributed by atoms with E-state index < -0.39 is 11.9 Å². The summed E-state index contributed by atoms with van der Waals surface area (Å²) in [5, 5.41) is 12.2. The van der Waals surface area contributed by atoms with E-state index in [2.05, 4.69) is 5.32 Å². The minimum Gasteiger partial charge on any atom is -0.478 e. The molecule has 92 valence electrons. The lowest BCUT2D eigenvalue weighted by molar-refractivity contribution is -0.118. The minimum atomic E-state index is -1.08. The number of aromatic carboxylic acids is 1. The summed E-state index contributed by atoms with van der Waals surface area (Å²) in [5.74, 6) is -1.53.